The molecule has 0 unspecified atom stereocenters. The number of carbonyl (C=O) groups excluding carboxylic acids is 1. The molecule has 3 heterocycles. The summed E-state index contributed by atoms with van der Waals surface area (Å²) in [7, 11) is 0. The van der Waals surface area contributed by atoms with E-state index in [1.54, 1.807) is 18.3 Å². The van der Waals surface area contributed by atoms with Crippen LogP contribution in [-0.2, 0) is 0 Å². The Hall–Kier alpha value is -2.89. The number of carbonyl (C=O) groups is 1. The van der Waals surface area contributed by atoms with Crippen molar-refractivity contribution >= 4 is 16.8 Å². The Balaban J connectivity index is 1.45. The molecule has 0 aliphatic carbocycles. The van der Waals surface area contributed by atoms with Gasteiger partial charge >= 0.3 is 0 Å². The molecule has 1 aromatic carbocycles. The van der Waals surface area contributed by atoms with Crippen LogP contribution in [0.3, 0.4) is 0 Å². The van der Waals surface area contributed by atoms with E-state index in [0.29, 0.717) is 24.5 Å². The lowest BCUT2D eigenvalue weighted by atomic mass is 10.1. The molecule has 1 aliphatic heterocycles. The summed E-state index contributed by atoms with van der Waals surface area (Å²) in [5.41, 5.74) is 1.67. The molecule has 4 rings (SSSR count). The highest BCUT2D eigenvalue weighted by molar-refractivity contribution is 5.98. The Bertz CT molecular complexity index is 831. The summed E-state index contributed by atoms with van der Waals surface area (Å²) < 4.78 is 5.78. The second-order valence-electron chi connectivity index (χ2n) is 5.62. The number of hydrogen-bond donors (Lipinski definition) is 1. The first-order valence-electron chi connectivity index (χ1n) is 7.60. The summed E-state index contributed by atoms with van der Waals surface area (Å²) in [6.07, 6.45) is 4.24. The van der Waals surface area contributed by atoms with Crippen molar-refractivity contribution in [3.63, 3.8) is 0 Å². The maximum absolute atomic E-state index is 12.6. The van der Waals surface area contributed by atoms with Gasteiger partial charge in [-0.25, -0.2) is 0 Å². The summed E-state index contributed by atoms with van der Waals surface area (Å²) in [5, 5.41) is 8.82. The zero-order valence-electron chi connectivity index (χ0n) is 12.5. The predicted octanol–water partition coefficient (Wildman–Crippen LogP) is 2.25. The van der Waals surface area contributed by atoms with Crippen LogP contribution in [0.2, 0.25) is 0 Å². The van der Waals surface area contributed by atoms with Crippen LogP contribution in [0.25, 0.3) is 10.9 Å². The summed E-state index contributed by atoms with van der Waals surface area (Å²) in [6.45, 7) is 1.25. The molecule has 6 nitrogen and oxygen atoms in total. The van der Waals surface area contributed by atoms with Crippen molar-refractivity contribution in [2.75, 3.05) is 13.1 Å². The lowest BCUT2D eigenvalue weighted by Gasteiger charge is -2.17. The maximum atomic E-state index is 12.6. The zero-order valence-corrected chi connectivity index (χ0v) is 12.5. The standard InChI is InChI=1S/C17H16N4O2/c22-17(13-4-3-12-5-8-18-15(12)10-13)21-9-6-14(11-21)23-16-2-1-7-19-20-16/h1-5,7-8,10,14,18H,6,9,11H2/t14-/m1/s1. The van der Waals surface area contributed by atoms with Crippen molar-refractivity contribution in [3.05, 3.63) is 54.4 Å². The lowest BCUT2D eigenvalue weighted by Crippen LogP contribution is -2.31. The highest BCUT2D eigenvalue weighted by Crippen LogP contribution is 2.20. The van der Waals surface area contributed by atoms with Crippen molar-refractivity contribution in [3.8, 4) is 5.88 Å². The van der Waals surface area contributed by atoms with Gasteiger partial charge in [-0.1, -0.05) is 6.07 Å². The average molecular weight is 308 g/mol. The van der Waals surface area contributed by atoms with Crippen LogP contribution >= 0.6 is 0 Å². The number of aromatic nitrogens is 3. The molecular weight excluding hydrogens is 292 g/mol. The van der Waals surface area contributed by atoms with Gasteiger partial charge in [-0.3, -0.25) is 4.79 Å². The quantitative estimate of drug-likeness (QED) is 0.805. The summed E-state index contributed by atoms with van der Waals surface area (Å²) in [6, 6.07) is 11.3. The molecule has 2 aromatic heterocycles. The molecule has 23 heavy (non-hydrogen) atoms. The van der Waals surface area contributed by atoms with Gasteiger partial charge in [0.05, 0.1) is 6.54 Å². The minimum absolute atomic E-state index is 0.0340. The Morgan fingerprint density at radius 2 is 2.26 bits per heavy atom. The molecule has 0 radical (unpaired) electrons. The normalized spacial score (nSPS) is 17.6. The Morgan fingerprint density at radius 3 is 3.13 bits per heavy atom. The topological polar surface area (TPSA) is 71.1 Å². The number of benzene rings is 1. The third-order valence-corrected chi connectivity index (χ3v) is 4.07. The van der Waals surface area contributed by atoms with Gasteiger partial charge < -0.3 is 14.6 Å². The third kappa shape index (κ3) is 2.75. The van der Waals surface area contributed by atoms with Crippen molar-refractivity contribution in [2.45, 2.75) is 12.5 Å². The molecule has 0 bridgehead atoms. The average Bonchev–Trinajstić information content (AvgIpc) is 3.23. The largest absolute Gasteiger partial charge is 0.471 e. The number of rotatable bonds is 3. The van der Waals surface area contributed by atoms with Crippen LogP contribution in [0.4, 0.5) is 0 Å². The molecule has 0 saturated carbocycles. The van der Waals surface area contributed by atoms with E-state index in [-0.39, 0.29) is 12.0 Å². The number of nitrogens with zero attached hydrogens (tertiary/aromatic N) is 3. The number of hydrogen-bond acceptors (Lipinski definition) is 4. The van der Waals surface area contributed by atoms with Crippen molar-refractivity contribution < 1.29 is 9.53 Å². The SMILES string of the molecule is O=C(c1ccc2cc[nH]c2c1)N1CC[C@@H](Oc2cccnn2)C1. The van der Waals surface area contributed by atoms with Gasteiger partial charge in [0.25, 0.3) is 5.91 Å². The molecule has 1 saturated heterocycles. The number of nitrogens with one attached hydrogen (secondary N) is 1. The molecule has 6 heteroatoms. The minimum atomic E-state index is -0.0372. The fraction of sp³-hybridized carbons (Fsp3) is 0.235. The van der Waals surface area contributed by atoms with Gasteiger partial charge in [-0.2, -0.15) is 5.10 Å². The van der Waals surface area contributed by atoms with Crippen molar-refractivity contribution in [1.29, 1.82) is 0 Å². The molecule has 3 aromatic rings. The van der Waals surface area contributed by atoms with Crippen LogP contribution in [-0.4, -0.2) is 45.2 Å². The smallest absolute Gasteiger partial charge is 0.254 e. The Kier molecular flexibility index (Phi) is 3.42. The van der Waals surface area contributed by atoms with Crippen LogP contribution in [0, 0.1) is 0 Å². The van der Waals surface area contributed by atoms with Crippen LogP contribution in [0.5, 0.6) is 5.88 Å². The zero-order chi connectivity index (χ0) is 15.6. The van der Waals surface area contributed by atoms with E-state index in [9.17, 15) is 4.79 Å². The minimum Gasteiger partial charge on any atom is -0.471 e. The van der Waals surface area contributed by atoms with Gasteiger partial charge in [0.2, 0.25) is 5.88 Å². The molecule has 1 amide bonds. The van der Waals surface area contributed by atoms with E-state index >= 15 is 0 Å². The first kappa shape index (κ1) is 13.8. The molecule has 1 aliphatic rings. The van der Waals surface area contributed by atoms with Gasteiger partial charge in [0.1, 0.15) is 6.10 Å². The highest BCUT2D eigenvalue weighted by atomic mass is 16.5. The third-order valence-electron chi connectivity index (χ3n) is 4.07. The first-order valence-corrected chi connectivity index (χ1v) is 7.60. The number of aromatic amines is 1. The summed E-state index contributed by atoms with van der Waals surface area (Å²) in [5.74, 6) is 0.534. The fourth-order valence-corrected chi connectivity index (χ4v) is 2.89. The molecule has 1 fully saturated rings. The lowest BCUT2D eigenvalue weighted by molar-refractivity contribution is 0.0771. The maximum Gasteiger partial charge on any atom is 0.254 e. The second kappa shape index (κ2) is 5.72. The predicted molar refractivity (Wildman–Crippen MR) is 85.3 cm³/mol. The van der Waals surface area contributed by atoms with Crippen LogP contribution in [0.15, 0.2) is 48.8 Å². The second-order valence-corrected chi connectivity index (χ2v) is 5.62. The van der Waals surface area contributed by atoms with Gasteiger partial charge in [0, 0.05) is 42.5 Å². The molecular formula is C17H16N4O2. The number of fused-ring (bicyclic) bond motifs is 1. The number of likely N-dealkylation sites (tertiary alicyclic amines) is 1. The van der Waals surface area contributed by atoms with Crippen molar-refractivity contribution in [1.82, 2.24) is 20.1 Å². The van der Waals surface area contributed by atoms with Gasteiger partial charge in [0.15, 0.2) is 0 Å². The van der Waals surface area contributed by atoms with Crippen molar-refractivity contribution in [2.24, 2.45) is 0 Å². The van der Waals surface area contributed by atoms with E-state index in [1.807, 2.05) is 35.4 Å². The van der Waals surface area contributed by atoms with Crippen LogP contribution < -0.4 is 4.74 Å². The monoisotopic (exact) mass is 308 g/mol. The Morgan fingerprint density at radius 1 is 1.30 bits per heavy atom. The van der Waals surface area contributed by atoms with Gasteiger partial charge in [-0.15, -0.1) is 5.10 Å². The van der Waals surface area contributed by atoms with Crippen LogP contribution in [0.1, 0.15) is 16.8 Å². The molecule has 1 N–H and O–H groups in total. The van der Waals surface area contributed by atoms with Gasteiger partial charge in [-0.05, 0) is 29.7 Å². The number of H-pyrrole nitrogens is 1. The first-order chi connectivity index (χ1) is 11.3. The molecule has 116 valence electrons. The summed E-state index contributed by atoms with van der Waals surface area (Å²) in [4.78, 5) is 17.6. The number of amides is 1. The number of ether oxygens (including phenoxy) is 1. The van der Waals surface area contributed by atoms with E-state index < -0.39 is 0 Å². The molecule has 0 spiro atoms. The van der Waals surface area contributed by atoms with E-state index in [1.165, 1.54) is 0 Å². The van der Waals surface area contributed by atoms with E-state index in [4.69, 9.17) is 4.74 Å². The van der Waals surface area contributed by atoms with E-state index in [2.05, 4.69) is 15.2 Å². The Labute approximate surface area is 133 Å². The van der Waals surface area contributed by atoms with E-state index in [0.717, 1.165) is 17.3 Å². The molecule has 1 atom stereocenters. The summed E-state index contributed by atoms with van der Waals surface area (Å²) >= 11 is 0. The highest BCUT2D eigenvalue weighted by Gasteiger charge is 2.28. The fourth-order valence-electron chi connectivity index (χ4n) is 2.89.